The van der Waals surface area contributed by atoms with E-state index in [9.17, 15) is 13.2 Å². The van der Waals surface area contributed by atoms with Gasteiger partial charge in [-0.2, -0.15) is 8.42 Å². The van der Waals surface area contributed by atoms with E-state index >= 15 is 0 Å². The van der Waals surface area contributed by atoms with Crippen LogP contribution in [0.1, 0.15) is 27.2 Å². The molecule has 0 aromatic heterocycles. The summed E-state index contributed by atoms with van der Waals surface area (Å²) >= 11 is 0. The zero-order valence-corrected chi connectivity index (χ0v) is 13.9. The van der Waals surface area contributed by atoms with Crippen LogP contribution in [0.5, 0.6) is 0 Å². The van der Waals surface area contributed by atoms with Gasteiger partial charge in [0.1, 0.15) is 12.7 Å². The molecule has 0 spiro atoms. The zero-order valence-electron chi connectivity index (χ0n) is 13.1. The molecule has 124 valence electrons. The molecule has 5 unspecified atom stereocenters. The summed E-state index contributed by atoms with van der Waals surface area (Å²) in [7, 11) is -3.47. The van der Waals surface area contributed by atoms with Gasteiger partial charge in [-0.3, -0.25) is 4.18 Å². The first kappa shape index (κ1) is 16.0. The Morgan fingerprint density at radius 1 is 1.36 bits per heavy atom. The molecule has 6 nitrogen and oxygen atoms in total. The fraction of sp³-hybridized carbons (Fsp3) is 0.800. The van der Waals surface area contributed by atoms with Crippen molar-refractivity contribution >= 4 is 16.1 Å². The predicted octanol–water partition coefficient (Wildman–Crippen LogP) is 1.26. The molecular weight excluding hydrogens is 308 g/mol. The summed E-state index contributed by atoms with van der Waals surface area (Å²) < 4.78 is 40.2. The molecule has 3 aliphatic rings. The normalized spacial score (nSPS) is 39.9. The lowest BCUT2D eigenvalue weighted by Gasteiger charge is -2.26. The highest BCUT2D eigenvalue weighted by Crippen LogP contribution is 2.64. The Kier molecular flexibility index (Phi) is 3.66. The van der Waals surface area contributed by atoms with E-state index in [2.05, 4.69) is 20.4 Å². The monoisotopic (exact) mass is 330 g/mol. The Morgan fingerprint density at radius 3 is 2.68 bits per heavy atom. The van der Waals surface area contributed by atoms with E-state index in [-0.39, 0.29) is 36.6 Å². The second-order valence-corrected chi connectivity index (χ2v) is 8.82. The van der Waals surface area contributed by atoms with Gasteiger partial charge in [0.05, 0.1) is 18.0 Å². The number of fused-ring (bicyclic) bond motifs is 1. The van der Waals surface area contributed by atoms with Crippen LogP contribution >= 0.6 is 0 Å². The second kappa shape index (κ2) is 5.04. The van der Waals surface area contributed by atoms with Crippen molar-refractivity contribution in [3.05, 3.63) is 12.2 Å². The molecule has 2 aliphatic carbocycles. The molecule has 0 aromatic carbocycles. The van der Waals surface area contributed by atoms with Crippen molar-refractivity contribution in [3.8, 4) is 0 Å². The molecule has 7 heteroatoms. The molecule has 22 heavy (non-hydrogen) atoms. The Morgan fingerprint density at radius 2 is 2.05 bits per heavy atom. The van der Waals surface area contributed by atoms with Crippen LogP contribution in [0.15, 0.2) is 12.2 Å². The third-order valence-corrected chi connectivity index (χ3v) is 7.08. The molecule has 0 amide bonds. The standard InChI is InChI=1S/C15H22O6S/c1-8(2)14(16)20-6-5-19-12-9-7-10-11(15(9,3)4)13(12)21-22(10,17)18/h9-13H,1,5-7H2,2-4H3. The Labute approximate surface area is 130 Å². The molecule has 0 N–H and O–H groups in total. The van der Waals surface area contributed by atoms with Gasteiger partial charge in [-0.15, -0.1) is 0 Å². The lowest BCUT2D eigenvalue weighted by molar-refractivity contribution is -0.142. The summed E-state index contributed by atoms with van der Waals surface area (Å²) in [5, 5.41) is -0.390. The van der Waals surface area contributed by atoms with E-state index in [1.165, 1.54) is 0 Å². The summed E-state index contributed by atoms with van der Waals surface area (Å²) in [6, 6.07) is 0. The van der Waals surface area contributed by atoms with E-state index in [0.717, 1.165) is 0 Å². The summed E-state index contributed by atoms with van der Waals surface area (Å²) in [4.78, 5) is 11.3. The number of rotatable bonds is 5. The molecule has 2 bridgehead atoms. The Balaban J connectivity index is 1.62. The molecular formula is C15H22O6S. The molecule has 0 radical (unpaired) electrons. The van der Waals surface area contributed by atoms with Crippen LogP contribution in [-0.2, 0) is 28.6 Å². The van der Waals surface area contributed by atoms with Crippen molar-refractivity contribution in [3.63, 3.8) is 0 Å². The summed E-state index contributed by atoms with van der Waals surface area (Å²) in [5.74, 6) is -0.302. The van der Waals surface area contributed by atoms with E-state index in [1.807, 2.05) is 0 Å². The SMILES string of the molecule is C=C(C)C(=O)OCCOC1C2OS(=O)(=O)C3CC1C(C)(C)C23. The van der Waals surface area contributed by atoms with Crippen LogP contribution < -0.4 is 0 Å². The topological polar surface area (TPSA) is 78.9 Å². The number of carbonyl (C=O) groups is 1. The van der Waals surface area contributed by atoms with Gasteiger partial charge >= 0.3 is 5.97 Å². The van der Waals surface area contributed by atoms with E-state index in [4.69, 9.17) is 13.7 Å². The first-order valence-electron chi connectivity index (χ1n) is 7.52. The van der Waals surface area contributed by atoms with Crippen molar-refractivity contribution in [1.82, 2.24) is 0 Å². The number of hydrogen-bond donors (Lipinski definition) is 0. The van der Waals surface area contributed by atoms with Crippen LogP contribution in [0.2, 0.25) is 0 Å². The molecule has 5 atom stereocenters. The Hall–Kier alpha value is -0.920. The fourth-order valence-electron chi connectivity index (χ4n) is 4.34. The van der Waals surface area contributed by atoms with Gasteiger partial charge in [0, 0.05) is 11.5 Å². The summed E-state index contributed by atoms with van der Waals surface area (Å²) in [6.45, 7) is 9.62. The van der Waals surface area contributed by atoms with Crippen molar-refractivity contribution in [2.75, 3.05) is 13.2 Å². The average Bonchev–Trinajstić information content (AvgIpc) is 2.87. The first-order valence-corrected chi connectivity index (χ1v) is 8.99. The van der Waals surface area contributed by atoms with Gasteiger partial charge < -0.3 is 9.47 Å². The van der Waals surface area contributed by atoms with E-state index in [0.29, 0.717) is 12.0 Å². The lowest BCUT2D eigenvalue weighted by atomic mass is 9.81. The van der Waals surface area contributed by atoms with E-state index in [1.54, 1.807) is 6.92 Å². The highest BCUT2D eigenvalue weighted by atomic mass is 32.2. The smallest absolute Gasteiger partial charge is 0.333 e. The minimum absolute atomic E-state index is 0.00882. The minimum atomic E-state index is -3.47. The van der Waals surface area contributed by atoms with Gasteiger partial charge in [0.2, 0.25) is 0 Å². The van der Waals surface area contributed by atoms with Crippen molar-refractivity contribution in [2.24, 2.45) is 17.3 Å². The quantitative estimate of drug-likeness (QED) is 0.327. The van der Waals surface area contributed by atoms with Gasteiger partial charge in [-0.1, -0.05) is 20.4 Å². The third kappa shape index (κ3) is 2.21. The van der Waals surface area contributed by atoms with Crippen molar-refractivity contribution in [2.45, 2.75) is 44.6 Å². The molecule has 1 saturated heterocycles. The van der Waals surface area contributed by atoms with Crippen LogP contribution in [-0.4, -0.2) is 45.1 Å². The van der Waals surface area contributed by atoms with E-state index < -0.39 is 27.4 Å². The van der Waals surface area contributed by atoms with Gasteiger partial charge in [0.25, 0.3) is 10.1 Å². The average molecular weight is 330 g/mol. The number of esters is 1. The van der Waals surface area contributed by atoms with Gasteiger partial charge in [-0.25, -0.2) is 4.79 Å². The molecule has 1 heterocycles. The van der Waals surface area contributed by atoms with Gasteiger partial charge in [0.15, 0.2) is 0 Å². The highest BCUT2D eigenvalue weighted by molar-refractivity contribution is 7.87. The van der Waals surface area contributed by atoms with Crippen LogP contribution in [0.3, 0.4) is 0 Å². The molecule has 3 rings (SSSR count). The van der Waals surface area contributed by atoms with Crippen LogP contribution in [0.4, 0.5) is 0 Å². The maximum Gasteiger partial charge on any atom is 0.333 e. The largest absolute Gasteiger partial charge is 0.460 e. The first-order chi connectivity index (χ1) is 10.2. The Bertz CT molecular complexity index is 608. The minimum Gasteiger partial charge on any atom is -0.460 e. The summed E-state index contributed by atoms with van der Waals surface area (Å²) in [5.41, 5.74) is 0.229. The molecule has 3 fully saturated rings. The number of ether oxygens (including phenoxy) is 2. The maximum atomic E-state index is 12.1. The maximum absolute atomic E-state index is 12.1. The van der Waals surface area contributed by atoms with Crippen molar-refractivity contribution < 1.29 is 26.9 Å². The fourth-order valence-corrected chi connectivity index (χ4v) is 6.33. The number of carbonyl (C=O) groups excluding carboxylic acids is 1. The van der Waals surface area contributed by atoms with Crippen LogP contribution in [0, 0.1) is 17.3 Å². The predicted molar refractivity (Wildman–Crippen MR) is 78.5 cm³/mol. The molecule has 2 saturated carbocycles. The molecule has 0 aromatic rings. The molecule has 1 aliphatic heterocycles. The van der Waals surface area contributed by atoms with Gasteiger partial charge in [-0.05, 0) is 24.7 Å². The third-order valence-electron chi connectivity index (χ3n) is 5.37. The number of hydrogen-bond acceptors (Lipinski definition) is 6. The zero-order chi connectivity index (χ0) is 16.3. The van der Waals surface area contributed by atoms with Crippen LogP contribution in [0.25, 0.3) is 0 Å². The van der Waals surface area contributed by atoms with Crippen molar-refractivity contribution in [1.29, 1.82) is 0 Å². The summed E-state index contributed by atoms with van der Waals surface area (Å²) in [6.07, 6.45) is -0.0650. The highest BCUT2D eigenvalue weighted by Gasteiger charge is 2.72. The second-order valence-electron chi connectivity index (χ2n) is 7.03. The lowest BCUT2D eigenvalue weighted by Crippen LogP contribution is -2.36.